The highest BCUT2D eigenvalue weighted by Gasteiger charge is 2.11. The smallest absolute Gasteiger partial charge is 0.226 e. The van der Waals surface area contributed by atoms with E-state index in [1.807, 2.05) is 0 Å². The molecule has 0 fully saturated rings. The number of benzene rings is 1. The molecule has 0 aliphatic rings. The first-order valence-corrected chi connectivity index (χ1v) is 6.33. The van der Waals surface area contributed by atoms with E-state index < -0.39 is 0 Å². The summed E-state index contributed by atoms with van der Waals surface area (Å²) in [7, 11) is 0. The zero-order chi connectivity index (χ0) is 13.8. The second kappa shape index (κ2) is 5.95. The lowest BCUT2D eigenvalue weighted by molar-refractivity contribution is -0.116. The highest BCUT2D eigenvalue weighted by Crippen LogP contribution is 2.32. The summed E-state index contributed by atoms with van der Waals surface area (Å²) in [6.07, 6.45) is 3.72. The number of nitrogen functional groups attached to an aromatic ring is 1. The van der Waals surface area contributed by atoms with Crippen LogP contribution in [0.4, 0.5) is 11.4 Å². The summed E-state index contributed by atoms with van der Waals surface area (Å²) in [6.45, 7) is 0.489. The highest BCUT2D eigenvalue weighted by atomic mass is 35.5. The van der Waals surface area contributed by atoms with E-state index >= 15 is 0 Å². The van der Waals surface area contributed by atoms with Crippen molar-refractivity contribution in [3.63, 3.8) is 0 Å². The number of carbonyl (C=O) groups excluding carboxylic acids is 1. The number of aryl methyl sites for hydroxylation is 1. The van der Waals surface area contributed by atoms with Gasteiger partial charge in [-0.05, 0) is 18.2 Å². The monoisotopic (exact) mass is 298 g/mol. The fraction of sp³-hybridized carbons (Fsp3) is 0.167. The zero-order valence-corrected chi connectivity index (χ0v) is 11.4. The summed E-state index contributed by atoms with van der Waals surface area (Å²) >= 11 is 12.0. The fourth-order valence-electron chi connectivity index (χ4n) is 1.56. The van der Waals surface area contributed by atoms with Crippen molar-refractivity contribution in [2.45, 2.75) is 13.0 Å². The van der Waals surface area contributed by atoms with E-state index in [-0.39, 0.29) is 12.3 Å². The maximum absolute atomic E-state index is 11.8. The second-order valence-corrected chi connectivity index (χ2v) is 4.74. The molecule has 1 heterocycles. The second-order valence-electron chi connectivity index (χ2n) is 3.93. The van der Waals surface area contributed by atoms with E-state index in [1.165, 1.54) is 12.1 Å². The van der Waals surface area contributed by atoms with Crippen molar-refractivity contribution in [1.82, 2.24) is 9.78 Å². The Balaban J connectivity index is 1.99. The Morgan fingerprint density at radius 3 is 2.63 bits per heavy atom. The van der Waals surface area contributed by atoms with Crippen LogP contribution in [0, 0.1) is 0 Å². The Bertz CT molecular complexity index is 560. The van der Waals surface area contributed by atoms with Crippen LogP contribution in [0.25, 0.3) is 0 Å². The van der Waals surface area contributed by atoms with Gasteiger partial charge in [-0.25, -0.2) is 0 Å². The Hall–Kier alpha value is -1.72. The van der Waals surface area contributed by atoms with Crippen molar-refractivity contribution < 1.29 is 4.79 Å². The molecule has 0 aliphatic carbocycles. The van der Waals surface area contributed by atoms with Crippen molar-refractivity contribution in [1.29, 1.82) is 0 Å². The summed E-state index contributed by atoms with van der Waals surface area (Å²) in [4.78, 5) is 11.8. The van der Waals surface area contributed by atoms with Crippen molar-refractivity contribution >= 4 is 40.5 Å². The van der Waals surface area contributed by atoms with Crippen molar-refractivity contribution in [3.8, 4) is 0 Å². The molecular formula is C12H12Cl2N4O. The van der Waals surface area contributed by atoms with Gasteiger partial charge in [-0.2, -0.15) is 5.10 Å². The minimum atomic E-state index is -0.191. The molecule has 0 saturated carbocycles. The minimum absolute atomic E-state index is 0.191. The topological polar surface area (TPSA) is 72.9 Å². The summed E-state index contributed by atoms with van der Waals surface area (Å²) in [5.41, 5.74) is 6.42. The van der Waals surface area contributed by atoms with Crippen LogP contribution in [0.2, 0.25) is 10.0 Å². The average molecular weight is 299 g/mol. The van der Waals surface area contributed by atoms with Gasteiger partial charge in [-0.1, -0.05) is 23.2 Å². The van der Waals surface area contributed by atoms with E-state index in [9.17, 15) is 4.79 Å². The van der Waals surface area contributed by atoms with Gasteiger partial charge in [0.2, 0.25) is 5.91 Å². The van der Waals surface area contributed by atoms with Crippen LogP contribution in [0.5, 0.6) is 0 Å². The maximum Gasteiger partial charge on any atom is 0.226 e. The van der Waals surface area contributed by atoms with E-state index in [0.29, 0.717) is 28.0 Å². The number of rotatable bonds is 4. The van der Waals surface area contributed by atoms with Gasteiger partial charge < -0.3 is 11.1 Å². The highest BCUT2D eigenvalue weighted by molar-refractivity contribution is 6.40. The molecular weight excluding hydrogens is 287 g/mol. The molecule has 1 aromatic carbocycles. The first-order chi connectivity index (χ1) is 9.06. The molecule has 2 aromatic rings. The molecule has 100 valence electrons. The van der Waals surface area contributed by atoms with Crippen LogP contribution in [0.1, 0.15) is 6.42 Å². The first-order valence-electron chi connectivity index (χ1n) is 5.58. The van der Waals surface area contributed by atoms with Gasteiger partial charge in [-0.15, -0.1) is 0 Å². The van der Waals surface area contributed by atoms with Crippen LogP contribution in [-0.2, 0) is 11.3 Å². The lowest BCUT2D eigenvalue weighted by Crippen LogP contribution is -2.15. The lowest BCUT2D eigenvalue weighted by Gasteiger charge is -2.10. The zero-order valence-electron chi connectivity index (χ0n) is 9.94. The maximum atomic E-state index is 11.8. The van der Waals surface area contributed by atoms with Gasteiger partial charge in [0.15, 0.2) is 0 Å². The number of nitrogens with one attached hydrogen (secondary N) is 1. The SMILES string of the molecule is Nc1cc(Cl)c(NC(=O)CCn2cccn2)c(Cl)c1. The van der Waals surface area contributed by atoms with Crippen LogP contribution in [0.3, 0.4) is 0 Å². The third-order valence-electron chi connectivity index (χ3n) is 2.46. The van der Waals surface area contributed by atoms with E-state index in [2.05, 4.69) is 10.4 Å². The number of carbonyl (C=O) groups is 1. The molecule has 0 radical (unpaired) electrons. The van der Waals surface area contributed by atoms with Gasteiger partial charge in [-0.3, -0.25) is 9.48 Å². The number of aromatic nitrogens is 2. The molecule has 7 heteroatoms. The molecule has 0 bridgehead atoms. The average Bonchev–Trinajstić information content (AvgIpc) is 2.84. The number of amides is 1. The third-order valence-corrected chi connectivity index (χ3v) is 3.05. The van der Waals surface area contributed by atoms with Gasteiger partial charge >= 0.3 is 0 Å². The van der Waals surface area contributed by atoms with Gasteiger partial charge in [0.1, 0.15) is 0 Å². The van der Waals surface area contributed by atoms with E-state index in [0.717, 1.165) is 0 Å². The number of nitrogens with zero attached hydrogens (tertiary/aromatic N) is 2. The predicted octanol–water partition coefficient (Wildman–Crippen LogP) is 2.80. The van der Waals surface area contributed by atoms with Crippen molar-refractivity contribution in [2.24, 2.45) is 0 Å². The normalized spacial score (nSPS) is 10.4. The number of halogens is 2. The van der Waals surface area contributed by atoms with E-state index in [1.54, 1.807) is 23.1 Å². The first kappa shape index (κ1) is 13.7. The Morgan fingerprint density at radius 2 is 2.05 bits per heavy atom. The molecule has 19 heavy (non-hydrogen) atoms. The van der Waals surface area contributed by atoms with Crippen LogP contribution in [0.15, 0.2) is 30.6 Å². The Kier molecular flexibility index (Phi) is 4.29. The predicted molar refractivity (Wildman–Crippen MR) is 76.3 cm³/mol. The molecule has 2 rings (SSSR count). The summed E-state index contributed by atoms with van der Waals surface area (Å²) in [6, 6.07) is 4.87. The molecule has 0 atom stereocenters. The van der Waals surface area contributed by atoms with E-state index in [4.69, 9.17) is 28.9 Å². The largest absolute Gasteiger partial charge is 0.399 e. The minimum Gasteiger partial charge on any atom is -0.399 e. The number of hydrogen-bond donors (Lipinski definition) is 2. The number of anilines is 2. The molecule has 1 aromatic heterocycles. The molecule has 0 aliphatic heterocycles. The van der Waals surface area contributed by atoms with Crippen LogP contribution < -0.4 is 11.1 Å². The molecule has 1 amide bonds. The standard InChI is InChI=1S/C12H12Cl2N4O/c13-9-6-8(15)7-10(14)12(9)17-11(19)2-5-18-4-1-3-16-18/h1,3-4,6-7H,2,5,15H2,(H,17,19). The van der Waals surface area contributed by atoms with Crippen molar-refractivity contribution in [2.75, 3.05) is 11.1 Å². The van der Waals surface area contributed by atoms with Gasteiger partial charge in [0.05, 0.1) is 15.7 Å². The molecule has 0 saturated heterocycles. The molecule has 5 nitrogen and oxygen atoms in total. The summed E-state index contributed by atoms with van der Waals surface area (Å²) in [5, 5.41) is 7.31. The number of nitrogens with two attached hydrogens (primary N) is 1. The molecule has 0 unspecified atom stereocenters. The third kappa shape index (κ3) is 3.62. The fourth-order valence-corrected chi connectivity index (χ4v) is 2.16. The van der Waals surface area contributed by atoms with Gasteiger partial charge in [0, 0.05) is 31.0 Å². The molecule has 3 N–H and O–H groups in total. The lowest BCUT2D eigenvalue weighted by atomic mass is 10.2. The molecule has 0 spiro atoms. The Labute approximate surface area is 120 Å². The van der Waals surface area contributed by atoms with Crippen LogP contribution >= 0.6 is 23.2 Å². The van der Waals surface area contributed by atoms with Crippen LogP contribution in [-0.4, -0.2) is 15.7 Å². The number of hydrogen-bond acceptors (Lipinski definition) is 3. The van der Waals surface area contributed by atoms with Gasteiger partial charge in [0.25, 0.3) is 0 Å². The Morgan fingerprint density at radius 1 is 1.37 bits per heavy atom. The summed E-state index contributed by atoms with van der Waals surface area (Å²) < 4.78 is 1.67. The quantitative estimate of drug-likeness (QED) is 0.853. The summed E-state index contributed by atoms with van der Waals surface area (Å²) in [5.74, 6) is -0.191. The van der Waals surface area contributed by atoms with Crippen molar-refractivity contribution in [3.05, 3.63) is 40.6 Å².